The van der Waals surface area contributed by atoms with Gasteiger partial charge in [0, 0.05) is 25.4 Å². The summed E-state index contributed by atoms with van der Waals surface area (Å²) in [5.74, 6) is 0.957. The molecule has 7 heteroatoms. The van der Waals surface area contributed by atoms with Crippen molar-refractivity contribution >= 4 is 11.8 Å². The number of nitrogens with one attached hydrogen (secondary N) is 2. The summed E-state index contributed by atoms with van der Waals surface area (Å²) in [7, 11) is 4.10. The first kappa shape index (κ1) is 19.7. The lowest BCUT2D eigenvalue weighted by Crippen LogP contribution is -2.17. The number of pyridine rings is 1. The Labute approximate surface area is 164 Å². The van der Waals surface area contributed by atoms with Crippen LogP contribution in [0.15, 0.2) is 54.7 Å². The van der Waals surface area contributed by atoms with Gasteiger partial charge in [-0.3, -0.25) is 4.98 Å². The van der Waals surface area contributed by atoms with Crippen molar-refractivity contribution in [2.75, 3.05) is 37.8 Å². The Morgan fingerprint density at radius 3 is 2.61 bits per heavy atom. The fourth-order valence-electron chi connectivity index (χ4n) is 2.70. The lowest BCUT2D eigenvalue weighted by atomic mass is 10.2. The second kappa shape index (κ2) is 9.75. The fraction of sp³-hybridized carbons (Fsp3) is 0.286. The first-order valence-corrected chi connectivity index (χ1v) is 9.27. The Morgan fingerprint density at radius 2 is 1.86 bits per heavy atom. The molecule has 3 rings (SSSR count). The van der Waals surface area contributed by atoms with Crippen molar-refractivity contribution in [2.45, 2.75) is 13.0 Å². The highest BCUT2D eigenvalue weighted by molar-refractivity contribution is 5.60. The van der Waals surface area contributed by atoms with E-state index in [-0.39, 0.29) is 5.82 Å². The van der Waals surface area contributed by atoms with Crippen LogP contribution in [0.3, 0.4) is 0 Å². The summed E-state index contributed by atoms with van der Waals surface area (Å²) in [6.07, 6.45) is 2.72. The summed E-state index contributed by atoms with van der Waals surface area (Å²) >= 11 is 0. The van der Waals surface area contributed by atoms with E-state index in [9.17, 15) is 4.39 Å². The zero-order valence-electron chi connectivity index (χ0n) is 16.2. The van der Waals surface area contributed by atoms with Gasteiger partial charge in [0.25, 0.3) is 0 Å². The first-order chi connectivity index (χ1) is 13.6. The Morgan fingerprint density at radius 1 is 0.964 bits per heavy atom. The highest BCUT2D eigenvalue weighted by Crippen LogP contribution is 2.20. The molecule has 0 aliphatic carbocycles. The maximum atomic E-state index is 13.4. The fourth-order valence-corrected chi connectivity index (χ4v) is 2.70. The van der Waals surface area contributed by atoms with Crippen LogP contribution in [-0.2, 0) is 6.54 Å². The highest BCUT2D eigenvalue weighted by atomic mass is 19.1. The molecule has 0 saturated heterocycles. The van der Waals surface area contributed by atoms with Crippen LogP contribution in [0.4, 0.5) is 16.2 Å². The molecule has 2 aromatic heterocycles. The average molecular weight is 380 g/mol. The number of nitrogens with zero attached hydrogens (tertiary/aromatic N) is 4. The third-order valence-electron chi connectivity index (χ3n) is 4.08. The summed E-state index contributed by atoms with van der Waals surface area (Å²) in [6, 6.07) is 14.1. The number of benzene rings is 1. The summed E-state index contributed by atoms with van der Waals surface area (Å²) in [6.45, 7) is 2.22. The lowest BCUT2D eigenvalue weighted by Gasteiger charge is -2.12. The molecule has 0 unspecified atom stereocenters. The van der Waals surface area contributed by atoms with Crippen LogP contribution in [-0.4, -0.2) is 47.0 Å². The number of halogens is 1. The monoisotopic (exact) mass is 380 g/mol. The van der Waals surface area contributed by atoms with E-state index in [2.05, 4.69) is 30.5 Å². The third kappa shape index (κ3) is 5.99. The molecule has 0 fully saturated rings. The third-order valence-corrected chi connectivity index (χ3v) is 4.08. The zero-order valence-corrected chi connectivity index (χ0v) is 16.2. The zero-order chi connectivity index (χ0) is 19.8. The molecule has 0 amide bonds. The molecular weight excluding hydrogens is 355 g/mol. The van der Waals surface area contributed by atoms with E-state index in [0.717, 1.165) is 36.5 Å². The molecule has 2 heterocycles. The quantitative estimate of drug-likeness (QED) is 0.553. The van der Waals surface area contributed by atoms with Crippen molar-refractivity contribution in [1.82, 2.24) is 19.9 Å². The first-order valence-electron chi connectivity index (χ1n) is 9.27. The van der Waals surface area contributed by atoms with Gasteiger partial charge in [0.1, 0.15) is 11.6 Å². The predicted molar refractivity (Wildman–Crippen MR) is 111 cm³/mol. The molecule has 2 N–H and O–H groups in total. The van der Waals surface area contributed by atoms with E-state index in [1.807, 2.05) is 44.4 Å². The number of anilines is 2. The summed E-state index contributed by atoms with van der Waals surface area (Å²) in [5, 5.41) is 6.53. The molecule has 0 atom stereocenters. The Kier molecular flexibility index (Phi) is 6.86. The van der Waals surface area contributed by atoms with Gasteiger partial charge in [0.05, 0.1) is 11.4 Å². The van der Waals surface area contributed by atoms with Crippen molar-refractivity contribution in [1.29, 1.82) is 0 Å². The van der Waals surface area contributed by atoms with E-state index in [0.29, 0.717) is 18.3 Å². The van der Waals surface area contributed by atoms with Crippen LogP contribution < -0.4 is 10.6 Å². The molecular formula is C21H25FN6. The predicted octanol–water partition coefficient (Wildman–Crippen LogP) is 3.65. The minimum absolute atomic E-state index is 0.251. The van der Waals surface area contributed by atoms with E-state index >= 15 is 0 Å². The van der Waals surface area contributed by atoms with Crippen molar-refractivity contribution in [3.8, 4) is 11.4 Å². The van der Waals surface area contributed by atoms with Crippen molar-refractivity contribution in [3.05, 3.63) is 66.1 Å². The molecule has 146 valence electrons. The van der Waals surface area contributed by atoms with Gasteiger partial charge in [-0.1, -0.05) is 18.2 Å². The van der Waals surface area contributed by atoms with Gasteiger partial charge >= 0.3 is 0 Å². The molecule has 0 aliphatic heterocycles. The Hall–Kier alpha value is -3.06. The largest absolute Gasteiger partial charge is 0.366 e. The number of aromatic nitrogens is 3. The number of hydrogen-bond acceptors (Lipinski definition) is 6. The molecule has 0 radical (unpaired) electrons. The maximum Gasteiger partial charge on any atom is 0.225 e. The molecule has 0 saturated carbocycles. The van der Waals surface area contributed by atoms with Crippen LogP contribution in [0.25, 0.3) is 11.4 Å². The van der Waals surface area contributed by atoms with Gasteiger partial charge in [-0.2, -0.15) is 4.98 Å². The molecule has 6 nitrogen and oxygen atoms in total. The molecule has 3 aromatic rings. The smallest absolute Gasteiger partial charge is 0.225 e. The van der Waals surface area contributed by atoms with Crippen LogP contribution >= 0.6 is 0 Å². The standard InChI is InChI=1S/C21H25FN6/c1-28(2)12-6-11-24-21-26-19(18-9-3-4-10-23-18)14-20(27-21)25-15-16-7-5-8-17(22)13-16/h3-5,7-10,13-14H,6,11-12,15H2,1-2H3,(H2,24,25,26,27). The van der Waals surface area contributed by atoms with Gasteiger partial charge in [0.15, 0.2) is 0 Å². The second-order valence-corrected chi connectivity index (χ2v) is 6.74. The maximum absolute atomic E-state index is 13.4. The van der Waals surface area contributed by atoms with Gasteiger partial charge < -0.3 is 15.5 Å². The van der Waals surface area contributed by atoms with Crippen molar-refractivity contribution in [3.63, 3.8) is 0 Å². The lowest BCUT2D eigenvalue weighted by molar-refractivity contribution is 0.405. The average Bonchev–Trinajstić information content (AvgIpc) is 2.70. The van der Waals surface area contributed by atoms with E-state index in [1.54, 1.807) is 12.3 Å². The summed E-state index contributed by atoms with van der Waals surface area (Å²) < 4.78 is 13.4. The van der Waals surface area contributed by atoms with Gasteiger partial charge in [-0.05, 0) is 56.9 Å². The Balaban J connectivity index is 1.76. The van der Waals surface area contributed by atoms with Crippen LogP contribution in [0.5, 0.6) is 0 Å². The topological polar surface area (TPSA) is 66.0 Å². The minimum Gasteiger partial charge on any atom is -0.366 e. The van der Waals surface area contributed by atoms with Gasteiger partial charge in [0.2, 0.25) is 5.95 Å². The van der Waals surface area contributed by atoms with Crippen molar-refractivity contribution < 1.29 is 4.39 Å². The normalized spacial score (nSPS) is 10.9. The molecule has 28 heavy (non-hydrogen) atoms. The SMILES string of the molecule is CN(C)CCCNc1nc(NCc2cccc(F)c2)cc(-c2ccccn2)n1. The van der Waals surface area contributed by atoms with E-state index in [4.69, 9.17) is 0 Å². The Bertz CT molecular complexity index is 885. The summed E-state index contributed by atoms with van der Waals surface area (Å²) in [5.41, 5.74) is 2.35. The van der Waals surface area contributed by atoms with Crippen LogP contribution in [0.2, 0.25) is 0 Å². The molecule has 1 aromatic carbocycles. The highest BCUT2D eigenvalue weighted by Gasteiger charge is 2.08. The van der Waals surface area contributed by atoms with Crippen molar-refractivity contribution in [2.24, 2.45) is 0 Å². The molecule has 0 spiro atoms. The van der Waals surface area contributed by atoms with Gasteiger partial charge in [-0.15, -0.1) is 0 Å². The number of rotatable bonds is 9. The minimum atomic E-state index is -0.251. The second-order valence-electron chi connectivity index (χ2n) is 6.74. The molecule has 0 bridgehead atoms. The molecule has 0 aliphatic rings. The van der Waals surface area contributed by atoms with Crippen LogP contribution in [0.1, 0.15) is 12.0 Å². The number of hydrogen-bond donors (Lipinski definition) is 2. The van der Waals surface area contributed by atoms with Gasteiger partial charge in [-0.25, -0.2) is 9.37 Å². The van der Waals surface area contributed by atoms with E-state index in [1.165, 1.54) is 12.1 Å². The van der Waals surface area contributed by atoms with Crippen LogP contribution in [0, 0.1) is 5.82 Å². The summed E-state index contributed by atoms with van der Waals surface area (Å²) in [4.78, 5) is 15.7. The van der Waals surface area contributed by atoms with E-state index < -0.39 is 0 Å².